The molecule has 100 valence electrons. The highest BCUT2D eigenvalue weighted by Gasteiger charge is 2.29. The monoisotopic (exact) mass is 264 g/mol. The van der Waals surface area contributed by atoms with E-state index < -0.39 is 16.2 Å². The van der Waals surface area contributed by atoms with Gasteiger partial charge in [0, 0.05) is 12.6 Å². The summed E-state index contributed by atoms with van der Waals surface area (Å²) in [5.74, 6) is -0.555. The molecule has 0 aromatic rings. The quantitative estimate of drug-likeness (QED) is 0.723. The molecule has 7 heteroatoms. The smallest absolute Gasteiger partial charge is 0.321 e. The molecule has 1 aliphatic heterocycles. The van der Waals surface area contributed by atoms with Crippen LogP contribution in [0.15, 0.2) is 0 Å². The van der Waals surface area contributed by atoms with Crippen LogP contribution in [0.25, 0.3) is 0 Å². The van der Waals surface area contributed by atoms with Gasteiger partial charge in [-0.05, 0) is 26.7 Å². The zero-order valence-corrected chi connectivity index (χ0v) is 11.1. The molecule has 0 amide bonds. The highest BCUT2D eigenvalue weighted by molar-refractivity contribution is 7.87. The van der Waals surface area contributed by atoms with Crippen molar-refractivity contribution in [1.29, 1.82) is 0 Å². The van der Waals surface area contributed by atoms with E-state index in [4.69, 9.17) is 0 Å². The average Bonchev–Trinajstić information content (AvgIpc) is 2.27. The first-order valence-corrected chi connectivity index (χ1v) is 7.33. The minimum absolute atomic E-state index is 0.0107. The molecule has 1 saturated heterocycles. The number of carbonyl (C=O) groups is 1. The molecule has 1 aliphatic rings. The van der Waals surface area contributed by atoms with Gasteiger partial charge in [0.05, 0.1) is 6.61 Å². The molecule has 0 spiro atoms. The Morgan fingerprint density at radius 3 is 2.76 bits per heavy atom. The van der Waals surface area contributed by atoms with E-state index in [1.807, 2.05) is 6.92 Å². The molecule has 0 bridgehead atoms. The van der Waals surface area contributed by atoms with Crippen molar-refractivity contribution in [2.75, 3.05) is 19.7 Å². The van der Waals surface area contributed by atoms with Crippen LogP contribution in [0.1, 0.15) is 33.1 Å². The molecule has 0 aromatic heterocycles. The lowest BCUT2D eigenvalue weighted by molar-refractivity contribution is -0.141. The van der Waals surface area contributed by atoms with Crippen LogP contribution in [0, 0.1) is 0 Å². The first-order chi connectivity index (χ1) is 7.97. The number of hydrogen-bond donors (Lipinski definition) is 1. The van der Waals surface area contributed by atoms with Crippen LogP contribution in [0.2, 0.25) is 0 Å². The van der Waals surface area contributed by atoms with Gasteiger partial charge in [0.15, 0.2) is 0 Å². The van der Waals surface area contributed by atoms with Crippen LogP contribution in [-0.2, 0) is 19.7 Å². The summed E-state index contributed by atoms with van der Waals surface area (Å²) in [6.07, 6.45) is 2.77. The molecule has 1 atom stereocenters. The normalized spacial score (nSPS) is 22.4. The summed E-state index contributed by atoms with van der Waals surface area (Å²) in [5.41, 5.74) is 0. The van der Waals surface area contributed by atoms with Crippen LogP contribution in [0.3, 0.4) is 0 Å². The maximum Gasteiger partial charge on any atom is 0.321 e. The molecule has 1 N–H and O–H groups in total. The third-order valence-electron chi connectivity index (χ3n) is 2.75. The van der Waals surface area contributed by atoms with Gasteiger partial charge in [0.1, 0.15) is 6.54 Å². The predicted molar refractivity (Wildman–Crippen MR) is 63.6 cm³/mol. The number of piperidine rings is 1. The zero-order chi connectivity index (χ0) is 12.9. The highest BCUT2D eigenvalue weighted by Crippen LogP contribution is 2.18. The van der Waals surface area contributed by atoms with Gasteiger partial charge in [0.2, 0.25) is 0 Å². The SMILES string of the molecule is CCOC(=O)CNS(=O)(=O)N1CCCCC1C. The Balaban J connectivity index is 2.52. The first-order valence-electron chi connectivity index (χ1n) is 5.89. The lowest BCUT2D eigenvalue weighted by atomic mass is 10.1. The summed E-state index contributed by atoms with van der Waals surface area (Å²) in [5, 5.41) is 0. The fraction of sp³-hybridized carbons (Fsp3) is 0.900. The van der Waals surface area contributed by atoms with E-state index in [0.29, 0.717) is 6.54 Å². The molecule has 17 heavy (non-hydrogen) atoms. The van der Waals surface area contributed by atoms with Gasteiger partial charge in [-0.1, -0.05) is 6.42 Å². The van der Waals surface area contributed by atoms with Crippen molar-refractivity contribution in [3.05, 3.63) is 0 Å². The van der Waals surface area contributed by atoms with Crippen molar-refractivity contribution in [3.63, 3.8) is 0 Å². The molecule has 6 nitrogen and oxygen atoms in total. The van der Waals surface area contributed by atoms with Crippen molar-refractivity contribution in [2.24, 2.45) is 0 Å². The molecule has 1 fully saturated rings. The van der Waals surface area contributed by atoms with Crippen LogP contribution in [0.4, 0.5) is 0 Å². The number of rotatable bonds is 5. The second kappa shape index (κ2) is 6.32. The highest BCUT2D eigenvalue weighted by atomic mass is 32.2. The molecule has 0 radical (unpaired) electrons. The van der Waals surface area contributed by atoms with Crippen molar-refractivity contribution in [2.45, 2.75) is 39.2 Å². The lowest BCUT2D eigenvalue weighted by Gasteiger charge is -2.31. The number of esters is 1. The lowest BCUT2D eigenvalue weighted by Crippen LogP contribution is -2.49. The number of hydrogen-bond acceptors (Lipinski definition) is 4. The molecule has 0 saturated carbocycles. The van der Waals surface area contributed by atoms with E-state index in [-0.39, 0.29) is 19.2 Å². The second-order valence-electron chi connectivity index (χ2n) is 4.09. The summed E-state index contributed by atoms with van der Waals surface area (Å²) in [6, 6.07) is -0.0107. The van der Waals surface area contributed by atoms with E-state index in [1.165, 1.54) is 4.31 Å². The molecule has 0 aromatic carbocycles. The number of ether oxygens (including phenoxy) is 1. The third-order valence-corrected chi connectivity index (χ3v) is 4.42. The Kier molecular flexibility index (Phi) is 5.35. The third kappa shape index (κ3) is 4.25. The average molecular weight is 264 g/mol. The molecule has 1 unspecified atom stereocenters. The summed E-state index contributed by atoms with van der Waals surface area (Å²) >= 11 is 0. The number of carbonyl (C=O) groups excluding carboxylic acids is 1. The van der Waals surface area contributed by atoms with Crippen LogP contribution < -0.4 is 4.72 Å². The molecule has 1 heterocycles. The van der Waals surface area contributed by atoms with Crippen LogP contribution in [-0.4, -0.2) is 44.4 Å². The molecule has 0 aliphatic carbocycles. The Morgan fingerprint density at radius 1 is 1.47 bits per heavy atom. The van der Waals surface area contributed by atoms with Crippen LogP contribution in [0.5, 0.6) is 0 Å². The van der Waals surface area contributed by atoms with Crippen LogP contribution >= 0.6 is 0 Å². The second-order valence-corrected chi connectivity index (χ2v) is 5.79. The maximum atomic E-state index is 11.9. The van der Waals surface area contributed by atoms with Crippen molar-refractivity contribution in [1.82, 2.24) is 9.03 Å². The minimum atomic E-state index is -3.56. The predicted octanol–water partition coefficient (Wildman–Crippen LogP) is 0.258. The molecular formula is C10H20N2O4S. The minimum Gasteiger partial charge on any atom is -0.465 e. The Labute approximate surface area is 102 Å². The fourth-order valence-electron chi connectivity index (χ4n) is 1.87. The van der Waals surface area contributed by atoms with Gasteiger partial charge >= 0.3 is 5.97 Å². The van der Waals surface area contributed by atoms with E-state index in [1.54, 1.807) is 6.92 Å². The Hall–Kier alpha value is -0.660. The maximum absolute atomic E-state index is 11.9. The zero-order valence-electron chi connectivity index (χ0n) is 10.3. The fourth-order valence-corrected chi connectivity index (χ4v) is 3.29. The van der Waals surface area contributed by atoms with Gasteiger partial charge in [0.25, 0.3) is 10.2 Å². The van der Waals surface area contributed by atoms with Gasteiger partial charge in [-0.25, -0.2) is 0 Å². The summed E-state index contributed by atoms with van der Waals surface area (Å²) < 4.78 is 32.2. The summed E-state index contributed by atoms with van der Waals surface area (Å²) in [7, 11) is -3.56. The number of nitrogens with zero attached hydrogens (tertiary/aromatic N) is 1. The first kappa shape index (κ1) is 14.4. The number of nitrogens with one attached hydrogen (secondary N) is 1. The Morgan fingerprint density at radius 2 is 2.18 bits per heavy atom. The largest absolute Gasteiger partial charge is 0.465 e. The van der Waals surface area contributed by atoms with Gasteiger partial charge < -0.3 is 4.74 Å². The van der Waals surface area contributed by atoms with Crippen molar-refractivity contribution in [3.8, 4) is 0 Å². The standard InChI is InChI=1S/C10H20N2O4S/c1-3-16-10(13)8-11-17(14,15)12-7-5-4-6-9(12)2/h9,11H,3-8H2,1-2H3. The van der Waals surface area contributed by atoms with E-state index in [0.717, 1.165) is 19.3 Å². The van der Waals surface area contributed by atoms with Gasteiger partial charge in [-0.2, -0.15) is 17.4 Å². The van der Waals surface area contributed by atoms with E-state index in [2.05, 4.69) is 9.46 Å². The summed E-state index contributed by atoms with van der Waals surface area (Å²) in [4.78, 5) is 11.1. The molecular weight excluding hydrogens is 244 g/mol. The summed E-state index contributed by atoms with van der Waals surface area (Å²) in [6.45, 7) is 4.02. The Bertz CT molecular complexity index is 355. The van der Waals surface area contributed by atoms with Crippen molar-refractivity contribution < 1.29 is 17.9 Å². The molecule has 1 rings (SSSR count). The topological polar surface area (TPSA) is 75.7 Å². The van der Waals surface area contributed by atoms with E-state index >= 15 is 0 Å². The van der Waals surface area contributed by atoms with Crippen molar-refractivity contribution >= 4 is 16.2 Å². The van der Waals surface area contributed by atoms with Gasteiger partial charge in [-0.3, -0.25) is 4.79 Å². The van der Waals surface area contributed by atoms with E-state index in [9.17, 15) is 13.2 Å². The van der Waals surface area contributed by atoms with Gasteiger partial charge in [-0.15, -0.1) is 0 Å².